The molecule has 0 spiro atoms. The van der Waals surface area contributed by atoms with Crippen molar-refractivity contribution >= 4 is 5.91 Å². The van der Waals surface area contributed by atoms with Crippen molar-refractivity contribution in [3.05, 3.63) is 52.2 Å². The maximum atomic E-state index is 13.8. The minimum absolute atomic E-state index is 0.0507. The first-order valence-corrected chi connectivity index (χ1v) is 11.0. The third-order valence-electron chi connectivity index (χ3n) is 7.48. The molecule has 3 saturated heterocycles. The van der Waals surface area contributed by atoms with E-state index in [0.717, 1.165) is 63.7 Å². The summed E-state index contributed by atoms with van der Waals surface area (Å²) in [5.74, 6) is 1.42. The predicted molar refractivity (Wildman–Crippen MR) is 109 cm³/mol. The van der Waals surface area contributed by atoms with E-state index in [4.69, 9.17) is 4.74 Å². The second-order valence-corrected chi connectivity index (χ2v) is 9.37. The fourth-order valence-corrected chi connectivity index (χ4v) is 6.14. The Hall–Kier alpha value is -2.45. The lowest BCUT2D eigenvalue weighted by Gasteiger charge is -2.47. The van der Waals surface area contributed by atoms with E-state index >= 15 is 0 Å². The lowest BCUT2D eigenvalue weighted by molar-refractivity contribution is -0.138. The van der Waals surface area contributed by atoms with Gasteiger partial charge in [-0.15, -0.1) is 0 Å². The number of carbonyl (C=O) groups is 1. The molecule has 3 fully saturated rings. The number of hydrogen-bond acceptors (Lipinski definition) is 5. The van der Waals surface area contributed by atoms with Gasteiger partial charge in [-0.3, -0.25) is 24.2 Å². The highest BCUT2D eigenvalue weighted by molar-refractivity contribution is 5.81. The number of nitrogens with one attached hydrogen (secondary N) is 1. The summed E-state index contributed by atoms with van der Waals surface area (Å²) in [6, 6.07) is 7.06. The van der Waals surface area contributed by atoms with E-state index in [0.29, 0.717) is 11.8 Å². The first-order chi connectivity index (χ1) is 14.7. The molecule has 5 atom stereocenters. The third-order valence-corrected chi connectivity index (χ3v) is 7.48. The third kappa shape index (κ3) is 2.93. The molecule has 0 radical (unpaired) electrons. The zero-order valence-corrected chi connectivity index (χ0v) is 16.9. The predicted octanol–water partition coefficient (Wildman–Crippen LogP) is 0.837. The summed E-state index contributed by atoms with van der Waals surface area (Å²) >= 11 is 0. The number of pyridine rings is 1. The van der Waals surface area contributed by atoms with Crippen LogP contribution in [0.2, 0.25) is 0 Å². The standard InChI is InChI=1S/C22H27N5O3/c28-20-3-1-2-19-14-6-15(8-25(7-14)11-18-4-5-23-24-18)21(27(19)20)22(29)26-9-16-12-30-13-17(16)10-26/h1-5,14-17,21H,6-13H2,(H,23,24)/t14-,15+,16-,17+,21-/m1/s1. The Labute approximate surface area is 174 Å². The zero-order chi connectivity index (χ0) is 20.2. The molecular weight excluding hydrogens is 382 g/mol. The van der Waals surface area contributed by atoms with Gasteiger partial charge in [0.1, 0.15) is 6.04 Å². The van der Waals surface area contributed by atoms with Gasteiger partial charge in [0.15, 0.2) is 0 Å². The van der Waals surface area contributed by atoms with Crippen LogP contribution < -0.4 is 5.56 Å². The molecule has 8 heteroatoms. The van der Waals surface area contributed by atoms with Gasteiger partial charge < -0.3 is 9.64 Å². The van der Waals surface area contributed by atoms with Crippen LogP contribution in [0.5, 0.6) is 0 Å². The first-order valence-electron chi connectivity index (χ1n) is 11.0. The number of hydrogen-bond donors (Lipinski definition) is 1. The van der Waals surface area contributed by atoms with Gasteiger partial charge in [-0.2, -0.15) is 5.10 Å². The minimum atomic E-state index is -0.408. The highest BCUT2D eigenvalue weighted by Crippen LogP contribution is 2.43. The van der Waals surface area contributed by atoms with Gasteiger partial charge in [-0.1, -0.05) is 6.07 Å². The molecule has 30 heavy (non-hydrogen) atoms. The lowest BCUT2D eigenvalue weighted by atomic mass is 9.78. The molecule has 4 aliphatic heterocycles. The highest BCUT2D eigenvalue weighted by atomic mass is 16.5. The first kappa shape index (κ1) is 18.3. The molecule has 0 aromatic carbocycles. The number of fused-ring (bicyclic) bond motifs is 5. The van der Waals surface area contributed by atoms with Crippen molar-refractivity contribution in [2.24, 2.45) is 17.8 Å². The van der Waals surface area contributed by atoms with Crippen LogP contribution in [0.25, 0.3) is 0 Å². The molecule has 4 aliphatic rings. The van der Waals surface area contributed by atoms with Crippen molar-refractivity contribution in [1.82, 2.24) is 24.6 Å². The van der Waals surface area contributed by atoms with Crippen molar-refractivity contribution in [1.29, 1.82) is 0 Å². The molecule has 1 amide bonds. The van der Waals surface area contributed by atoms with Gasteiger partial charge in [-0.25, -0.2) is 0 Å². The van der Waals surface area contributed by atoms with Gasteiger partial charge in [0.25, 0.3) is 5.56 Å². The van der Waals surface area contributed by atoms with E-state index in [1.54, 1.807) is 12.3 Å². The number of ether oxygens (including phenoxy) is 1. The molecule has 0 saturated carbocycles. The van der Waals surface area contributed by atoms with Gasteiger partial charge in [0.2, 0.25) is 5.91 Å². The normalized spacial score (nSPS) is 32.8. The second kappa shape index (κ2) is 7.06. The van der Waals surface area contributed by atoms with Gasteiger partial charge in [-0.05, 0) is 18.6 Å². The second-order valence-electron chi connectivity index (χ2n) is 9.37. The molecule has 2 aromatic heterocycles. The number of nitrogens with zero attached hydrogens (tertiary/aromatic N) is 4. The number of rotatable bonds is 3. The summed E-state index contributed by atoms with van der Waals surface area (Å²) in [5.41, 5.74) is 2.04. The largest absolute Gasteiger partial charge is 0.381 e. The number of aromatic amines is 1. The van der Waals surface area contributed by atoms with Crippen LogP contribution in [0.15, 0.2) is 35.3 Å². The van der Waals surface area contributed by atoms with Gasteiger partial charge in [0.05, 0.1) is 13.2 Å². The van der Waals surface area contributed by atoms with E-state index in [9.17, 15) is 9.59 Å². The van der Waals surface area contributed by atoms with Crippen molar-refractivity contribution < 1.29 is 9.53 Å². The maximum absolute atomic E-state index is 13.8. The molecule has 1 N–H and O–H groups in total. The van der Waals surface area contributed by atoms with E-state index in [2.05, 4.69) is 15.1 Å². The Morgan fingerprint density at radius 3 is 2.70 bits per heavy atom. The summed E-state index contributed by atoms with van der Waals surface area (Å²) in [4.78, 5) is 31.1. The monoisotopic (exact) mass is 409 g/mol. The maximum Gasteiger partial charge on any atom is 0.251 e. The summed E-state index contributed by atoms with van der Waals surface area (Å²) in [7, 11) is 0. The molecule has 8 nitrogen and oxygen atoms in total. The van der Waals surface area contributed by atoms with Crippen molar-refractivity contribution in [2.75, 3.05) is 39.4 Å². The zero-order valence-electron chi connectivity index (χ0n) is 16.9. The van der Waals surface area contributed by atoms with E-state index in [1.807, 2.05) is 27.7 Å². The summed E-state index contributed by atoms with van der Waals surface area (Å²) in [6.07, 6.45) is 2.73. The number of amides is 1. The molecule has 6 heterocycles. The Morgan fingerprint density at radius 2 is 1.93 bits per heavy atom. The van der Waals surface area contributed by atoms with Crippen LogP contribution in [0.3, 0.4) is 0 Å². The van der Waals surface area contributed by atoms with E-state index in [1.165, 1.54) is 0 Å². The SMILES string of the molecule is O=C([C@H]1[C@H]2C[C@H](CN(Cc3ccn[nH]3)C2)c2cccc(=O)n21)N1C[C@H]2COC[C@H]2C1. The van der Waals surface area contributed by atoms with Crippen molar-refractivity contribution in [2.45, 2.75) is 24.9 Å². The van der Waals surface area contributed by atoms with Crippen LogP contribution in [0.1, 0.15) is 29.8 Å². The van der Waals surface area contributed by atoms with E-state index < -0.39 is 6.04 Å². The summed E-state index contributed by atoms with van der Waals surface area (Å²) in [6.45, 7) is 5.51. The molecule has 2 bridgehead atoms. The Kier molecular flexibility index (Phi) is 4.31. The summed E-state index contributed by atoms with van der Waals surface area (Å²) in [5, 5.41) is 7.11. The molecule has 6 rings (SSSR count). The number of aromatic nitrogens is 3. The smallest absolute Gasteiger partial charge is 0.251 e. The average Bonchev–Trinajstić information content (AvgIpc) is 3.46. The quantitative estimate of drug-likeness (QED) is 0.812. The fourth-order valence-electron chi connectivity index (χ4n) is 6.14. The topological polar surface area (TPSA) is 83.5 Å². The summed E-state index contributed by atoms with van der Waals surface area (Å²) < 4.78 is 7.40. The van der Waals surface area contributed by atoms with Crippen LogP contribution in [-0.4, -0.2) is 69.9 Å². The van der Waals surface area contributed by atoms with Gasteiger partial charge >= 0.3 is 0 Å². The van der Waals surface area contributed by atoms with Crippen LogP contribution >= 0.6 is 0 Å². The van der Waals surface area contributed by atoms with Crippen LogP contribution in [0, 0.1) is 17.8 Å². The van der Waals surface area contributed by atoms with Gasteiger partial charge in [0, 0.05) is 80.0 Å². The highest BCUT2D eigenvalue weighted by Gasteiger charge is 2.47. The molecule has 158 valence electrons. The van der Waals surface area contributed by atoms with Crippen molar-refractivity contribution in [3.63, 3.8) is 0 Å². The molecule has 0 unspecified atom stereocenters. The fraction of sp³-hybridized carbons (Fsp3) is 0.591. The lowest BCUT2D eigenvalue weighted by Crippen LogP contribution is -2.53. The number of H-pyrrole nitrogens is 1. The number of piperidine rings is 1. The van der Waals surface area contributed by atoms with Crippen LogP contribution in [0.4, 0.5) is 0 Å². The molecule has 0 aliphatic carbocycles. The Bertz CT molecular complexity index is 990. The number of likely N-dealkylation sites (tertiary alicyclic amines) is 2. The average molecular weight is 409 g/mol. The number of carbonyl (C=O) groups excluding carboxylic acids is 1. The minimum Gasteiger partial charge on any atom is -0.381 e. The molecule has 2 aromatic rings. The molecular formula is C22H27N5O3. The van der Waals surface area contributed by atoms with Crippen LogP contribution in [-0.2, 0) is 16.1 Å². The van der Waals surface area contributed by atoms with Crippen molar-refractivity contribution in [3.8, 4) is 0 Å². The Balaban J connectivity index is 1.33. The van der Waals surface area contributed by atoms with E-state index in [-0.39, 0.29) is 23.3 Å². The Morgan fingerprint density at radius 1 is 1.10 bits per heavy atom.